The SMILES string of the molecule is COc1cc(N2CC3(CC(Oc4cccnc4)CCO3)C2)ncn1. The molecule has 0 saturated carbocycles. The van der Waals surface area contributed by atoms with Crippen LogP contribution >= 0.6 is 0 Å². The highest BCUT2D eigenvalue weighted by molar-refractivity contribution is 5.46. The summed E-state index contributed by atoms with van der Waals surface area (Å²) in [5.41, 5.74) is -0.149. The third-order valence-corrected chi connectivity index (χ3v) is 4.50. The Labute approximate surface area is 140 Å². The molecule has 4 rings (SSSR count). The van der Waals surface area contributed by atoms with Gasteiger partial charge in [0.2, 0.25) is 5.88 Å². The molecular weight excluding hydrogens is 308 g/mol. The van der Waals surface area contributed by atoms with Gasteiger partial charge >= 0.3 is 0 Å². The Hall–Kier alpha value is -2.41. The summed E-state index contributed by atoms with van der Waals surface area (Å²) in [5.74, 6) is 2.26. The van der Waals surface area contributed by atoms with E-state index < -0.39 is 0 Å². The number of methoxy groups -OCH3 is 1. The molecule has 4 heterocycles. The van der Waals surface area contributed by atoms with Gasteiger partial charge in [0.15, 0.2) is 0 Å². The van der Waals surface area contributed by atoms with Crippen molar-refractivity contribution in [3.8, 4) is 11.6 Å². The summed E-state index contributed by atoms with van der Waals surface area (Å²) >= 11 is 0. The predicted molar refractivity (Wildman–Crippen MR) is 87.4 cm³/mol. The second kappa shape index (κ2) is 6.24. The lowest BCUT2D eigenvalue weighted by Crippen LogP contribution is -2.66. The molecule has 2 saturated heterocycles. The lowest BCUT2D eigenvalue weighted by Gasteiger charge is -2.53. The van der Waals surface area contributed by atoms with E-state index in [9.17, 15) is 0 Å². The van der Waals surface area contributed by atoms with Crippen LogP contribution in [-0.2, 0) is 4.74 Å². The Morgan fingerprint density at radius 1 is 1.33 bits per heavy atom. The smallest absolute Gasteiger partial charge is 0.218 e. The molecule has 2 aromatic heterocycles. The first kappa shape index (κ1) is 15.1. The Morgan fingerprint density at radius 3 is 3.04 bits per heavy atom. The van der Waals surface area contributed by atoms with Gasteiger partial charge in [0.1, 0.15) is 29.6 Å². The Kier molecular flexibility index (Phi) is 3.93. The van der Waals surface area contributed by atoms with Gasteiger partial charge in [-0.2, -0.15) is 0 Å². The van der Waals surface area contributed by atoms with Gasteiger partial charge in [-0.15, -0.1) is 0 Å². The van der Waals surface area contributed by atoms with Gasteiger partial charge in [-0.25, -0.2) is 9.97 Å². The van der Waals surface area contributed by atoms with E-state index in [4.69, 9.17) is 14.2 Å². The lowest BCUT2D eigenvalue weighted by molar-refractivity contribution is -0.126. The largest absolute Gasteiger partial charge is 0.489 e. The van der Waals surface area contributed by atoms with Crippen molar-refractivity contribution >= 4 is 5.82 Å². The van der Waals surface area contributed by atoms with Crippen molar-refractivity contribution in [2.75, 3.05) is 31.7 Å². The lowest BCUT2D eigenvalue weighted by atomic mass is 9.84. The highest BCUT2D eigenvalue weighted by Crippen LogP contribution is 2.37. The molecule has 2 fully saturated rings. The van der Waals surface area contributed by atoms with Crippen molar-refractivity contribution < 1.29 is 14.2 Å². The van der Waals surface area contributed by atoms with Gasteiger partial charge < -0.3 is 19.1 Å². The van der Waals surface area contributed by atoms with Crippen molar-refractivity contribution in [3.63, 3.8) is 0 Å². The first-order valence-electron chi connectivity index (χ1n) is 8.08. The molecule has 1 spiro atoms. The molecule has 2 aromatic rings. The number of hydrogen-bond donors (Lipinski definition) is 0. The number of aromatic nitrogens is 3. The van der Waals surface area contributed by atoms with E-state index in [1.165, 1.54) is 6.33 Å². The van der Waals surface area contributed by atoms with Gasteiger partial charge in [-0.3, -0.25) is 4.98 Å². The van der Waals surface area contributed by atoms with Gasteiger partial charge in [0.05, 0.1) is 33.0 Å². The molecule has 0 radical (unpaired) electrons. The number of pyridine rings is 1. The Morgan fingerprint density at radius 2 is 2.25 bits per heavy atom. The highest BCUT2D eigenvalue weighted by Gasteiger charge is 2.48. The van der Waals surface area contributed by atoms with Gasteiger partial charge in [0.25, 0.3) is 0 Å². The number of rotatable bonds is 4. The fraction of sp³-hybridized carbons (Fsp3) is 0.471. The van der Waals surface area contributed by atoms with Crippen LogP contribution in [-0.4, -0.2) is 53.5 Å². The molecule has 0 N–H and O–H groups in total. The molecule has 1 unspecified atom stereocenters. The average Bonchev–Trinajstić information content (AvgIpc) is 2.61. The Balaban J connectivity index is 1.38. The summed E-state index contributed by atoms with van der Waals surface area (Å²) in [6.45, 7) is 2.33. The Bertz CT molecular complexity index is 691. The molecule has 7 nitrogen and oxygen atoms in total. The van der Waals surface area contributed by atoms with Gasteiger partial charge in [-0.05, 0) is 12.1 Å². The van der Waals surface area contributed by atoms with Crippen molar-refractivity contribution in [3.05, 3.63) is 36.9 Å². The maximum absolute atomic E-state index is 6.07. The summed E-state index contributed by atoms with van der Waals surface area (Å²) in [4.78, 5) is 14.6. The molecule has 0 aliphatic carbocycles. The van der Waals surface area contributed by atoms with Crippen molar-refractivity contribution in [2.24, 2.45) is 0 Å². The maximum Gasteiger partial charge on any atom is 0.218 e. The molecule has 126 valence electrons. The van der Waals surface area contributed by atoms with E-state index in [-0.39, 0.29) is 11.7 Å². The topological polar surface area (TPSA) is 69.6 Å². The van der Waals surface area contributed by atoms with Crippen LogP contribution in [0.3, 0.4) is 0 Å². The normalized spacial score (nSPS) is 22.0. The van der Waals surface area contributed by atoms with E-state index >= 15 is 0 Å². The maximum atomic E-state index is 6.07. The average molecular weight is 328 g/mol. The third-order valence-electron chi connectivity index (χ3n) is 4.50. The van der Waals surface area contributed by atoms with Gasteiger partial charge in [-0.1, -0.05) is 0 Å². The van der Waals surface area contributed by atoms with E-state index in [0.717, 1.165) is 37.5 Å². The molecule has 7 heteroatoms. The minimum Gasteiger partial charge on any atom is -0.489 e. The molecule has 1 atom stereocenters. The second-order valence-corrected chi connectivity index (χ2v) is 6.23. The fourth-order valence-corrected chi connectivity index (χ4v) is 3.34. The molecule has 0 amide bonds. The first-order chi connectivity index (χ1) is 11.8. The number of nitrogens with zero attached hydrogens (tertiary/aromatic N) is 4. The van der Waals surface area contributed by atoms with E-state index in [1.54, 1.807) is 19.5 Å². The van der Waals surface area contributed by atoms with E-state index in [2.05, 4.69) is 19.9 Å². The standard InChI is InChI=1S/C17H20N4O3/c1-22-16-7-15(19-12-20-16)21-10-17(11-21)8-13(4-6-23-17)24-14-3-2-5-18-9-14/h2-3,5,7,9,12-13H,4,6,8,10-11H2,1H3. The molecule has 0 bridgehead atoms. The molecule has 2 aliphatic heterocycles. The zero-order valence-corrected chi connectivity index (χ0v) is 13.6. The van der Waals surface area contributed by atoms with Crippen molar-refractivity contribution in [1.29, 1.82) is 0 Å². The fourth-order valence-electron chi connectivity index (χ4n) is 3.34. The third kappa shape index (κ3) is 2.99. The summed E-state index contributed by atoms with van der Waals surface area (Å²) in [7, 11) is 1.61. The van der Waals surface area contributed by atoms with E-state index in [1.807, 2.05) is 18.2 Å². The van der Waals surface area contributed by atoms with Crippen molar-refractivity contribution in [1.82, 2.24) is 15.0 Å². The van der Waals surface area contributed by atoms with Crippen LogP contribution in [0.4, 0.5) is 5.82 Å². The minimum absolute atomic E-state index is 0.149. The van der Waals surface area contributed by atoms with Crippen LogP contribution < -0.4 is 14.4 Å². The number of hydrogen-bond acceptors (Lipinski definition) is 7. The second-order valence-electron chi connectivity index (χ2n) is 6.23. The van der Waals surface area contributed by atoms with Crippen LogP contribution in [0.5, 0.6) is 11.6 Å². The summed E-state index contributed by atoms with van der Waals surface area (Å²) in [6, 6.07) is 5.67. The number of ether oxygens (including phenoxy) is 3. The molecule has 0 aromatic carbocycles. The molecular formula is C17H20N4O3. The van der Waals surface area contributed by atoms with Crippen LogP contribution in [0, 0.1) is 0 Å². The monoisotopic (exact) mass is 328 g/mol. The van der Waals surface area contributed by atoms with Crippen LogP contribution in [0.1, 0.15) is 12.8 Å². The van der Waals surface area contributed by atoms with Crippen LogP contribution in [0.25, 0.3) is 0 Å². The minimum atomic E-state index is -0.149. The molecule has 24 heavy (non-hydrogen) atoms. The molecule has 2 aliphatic rings. The zero-order valence-electron chi connectivity index (χ0n) is 13.6. The quantitative estimate of drug-likeness (QED) is 0.846. The van der Waals surface area contributed by atoms with E-state index in [0.29, 0.717) is 12.5 Å². The van der Waals surface area contributed by atoms with Gasteiger partial charge in [0, 0.05) is 25.1 Å². The number of anilines is 1. The summed E-state index contributed by atoms with van der Waals surface area (Å²) < 4.78 is 17.3. The van der Waals surface area contributed by atoms with Crippen LogP contribution in [0.15, 0.2) is 36.9 Å². The van der Waals surface area contributed by atoms with Crippen molar-refractivity contribution in [2.45, 2.75) is 24.5 Å². The zero-order chi connectivity index (χ0) is 16.4. The highest BCUT2D eigenvalue weighted by atomic mass is 16.5. The van der Waals surface area contributed by atoms with Crippen LogP contribution in [0.2, 0.25) is 0 Å². The predicted octanol–water partition coefficient (Wildman–Crippen LogP) is 1.70. The summed E-state index contributed by atoms with van der Waals surface area (Å²) in [6.07, 6.45) is 6.96. The first-order valence-corrected chi connectivity index (χ1v) is 8.08. The summed E-state index contributed by atoms with van der Waals surface area (Å²) in [5, 5.41) is 0.